The number of hydrogen-bond donors (Lipinski definition) is 0. The Hall–Kier alpha value is -2.50. The van der Waals surface area contributed by atoms with E-state index in [1.165, 1.54) is 5.56 Å². The molecule has 5 heteroatoms. The molecular formula is C22H23N3OS. The molecular weight excluding hydrogens is 354 g/mol. The Bertz CT molecular complexity index is 900. The van der Waals surface area contributed by atoms with Crippen LogP contribution in [0.1, 0.15) is 21.1 Å². The number of nitrogens with zero attached hydrogens (tertiary/aromatic N) is 3. The Balaban J connectivity index is 1.44. The number of benzene rings is 2. The topological polar surface area (TPSA) is 36.4 Å². The van der Waals surface area contributed by atoms with E-state index in [0.29, 0.717) is 5.69 Å². The minimum absolute atomic E-state index is 0.0533. The molecule has 27 heavy (non-hydrogen) atoms. The summed E-state index contributed by atoms with van der Waals surface area (Å²) < 4.78 is 0. The van der Waals surface area contributed by atoms with E-state index in [1.807, 2.05) is 48.2 Å². The Morgan fingerprint density at radius 1 is 0.963 bits per heavy atom. The lowest BCUT2D eigenvalue weighted by Crippen LogP contribution is -2.48. The van der Waals surface area contributed by atoms with Crippen LogP contribution >= 0.6 is 11.3 Å². The lowest BCUT2D eigenvalue weighted by atomic mass is 10.1. The average molecular weight is 378 g/mol. The summed E-state index contributed by atoms with van der Waals surface area (Å²) in [5.41, 5.74) is 2.98. The van der Waals surface area contributed by atoms with Gasteiger partial charge in [0.1, 0.15) is 5.69 Å². The molecule has 1 aromatic heterocycles. The third kappa shape index (κ3) is 4.10. The molecule has 0 unspecified atom stereocenters. The molecule has 1 fully saturated rings. The maximum atomic E-state index is 13.1. The molecule has 4 rings (SSSR count). The van der Waals surface area contributed by atoms with Gasteiger partial charge in [0.05, 0.1) is 9.88 Å². The molecule has 0 atom stereocenters. The fourth-order valence-electron chi connectivity index (χ4n) is 3.46. The van der Waals surface area contributed by atoms with E-state index in [1.54, 1.807) is 11.3 Å². The summed E-state index contributed by atoms with van der Waals surface area (Å²) in [6.45, 7) is 6.18. The number of rotatable bonds is 4. The van der Waals surface area contributed by atoms with Crippen molar-refractivity contribution in [2.75, 3.05) is 26.2 Å². The van der Waals surface area contributed by atoms with Crippen molar-refractivity contribution in [3.63, 3.8) is 0 Å². The van der Waals surface area contributed by atoms with Crippen LogP contribution in [0, 0.1) is 6.92 Å². The Kier molecular flexibility index (Phi) is 5.32. The van der Waals surface area contributed by atoms with E-state index < -0.39 is 0 Å². The molecule has 1 amide bonds. The second kappa shape index (κ2) is 8.03. The Morgan fingerprint density at radius 3 is 2.26 bits per heavy atom. The summed E-state index contributed by atoms with van der Waals surface area (Å²) in [5, 5.41) is 0.930. The largest absolute Gasteiger partial charge is 0.335 e. The van der Waals surface area contributed by atoms with Crippen LogP contribution in [0.5, 0.6) is 0 Å². The van der Waals surface area contributed by atoms with Crippen molar-refractivity contribution in [3.05, 3.63) is 76.9 Å². The second-order valence-corrected chi connectivity index (χ2v) is 8.03. The number of aryl methyl sites for hydroxylation is 1. The highest BCUT2D eigenvalue weighted by atomic mass is 32.1. The SMILES string of the molecule is Cc1nc(C(=O)N2CCN(Cc3ccccc3)CC2)c(-c2ccccc2)s1. The van der Waals surface area contributed by atoms with Crippen molar-refractivity contribution in [2.45, 2.75) is 13.5 Å². The Labute approximate surface area is 164 Å². The standard InChI is InChI=1S/C22H23N3OS/c1-17-23-20(21(27-17)19-10-6-3-7-11-19)22(26)25-14-12-24(13-15-25)16-18-8-4-2-5-9-18/h2-11H,12-16H2,1H3. The normalized spacial score (nSPS) is 15.1. The number of piperazine rings is 1. The molecule has 0 N–H and O–H groups in total. The maximum absolute atomic E-state index is 13.1. The highest BCUT2D eigenvalue weighted by molar-refractivity contribution is 7.15. The minimum Gasteiger partial charge on any atom is -0.335 e. The van der Waals surface area contributed by atoms with E-state index in [2.05, 4.69) is 34.1 Å². The van der Waals surface area contributed by atoms with Gasteiger partial charge in [0.15, 0.2) is 0 Å². The van der Waals surface area contributed by atoms with Crippen molar-refractivity contribution < 1.29 is 4.79 Å². The molecule has 1 saturated heterocycles. The van der Waals surface area contributed by atoms with Gasteiger partial charge in [-0.2, -0.15) is 0 Å². The monoisotopic (exact) mass is 377 g/mol. The highest BCUT2D eigenvalue weighted by Crippen LogP contribution is 2.31. The average Bonchev–Trinajstić information content (AvgIpc) is 3.11. The van der Waals surface area contributed by atoms with Crippen LogP contribution in [-0.4, -0.2) is 46.9 Å². The van der Waals surface area contributed by atoms with Crippen LogP contribution in [0.25, 0.3) is 10.4 Å². The van der Waals surface area contributed by atoms with E-state index in [-0.39, 0.29) is 5.91 Å². The Morgan fingerprint density at radius 2 is 1.59 bits per heavy atom. The quantitative estimate of drug-likeness (QED) is 0.687. The van der Waals surface area contributed by atoms with Gasteiger partial charge in [-0.05, 0) is 18.1 Å². The van der Waals surface area contributed by atoms with Gasteiger partial charge >= 0.3 is 0 Å². The van der Waals surface area contributed by atoms with Crippen molar-refractivity contribution in [3.8, 4) is 10.4 Å². The van der Waals surface area contributed by atoms with Gasteiger partial charge in [-0.25, -0.2) is 4.98 Å². The summed E-state index contributed by atoms with van der Waals surface area (Å²) >= 11 is 1.59. The summed E-state index contributed by atoms with van der Waals surface area (Å²) in [6, 6.07) is 20.6. The van der Waals surface area contributed by atoms with Gasteiger partial charge in [-0.3, -0.25) is 9.69 Å². The van der Waals surface area contributed by atoms with Gasteiger partial charge in [0.25, 0.3) is 5.91 Å². The van der Waals surface area contributed by atoms with Gasteiger partial charge in [-0.15, -0.1) is 11.3 Å². The number of amides is 1. The third-order valence-electron chi connectivity index (χ3n) is 4.88. The van der Waals surface area contributed by atoms with Gasteiger partial charge < -0.3 is 4.90 Å². The minimum atomic E-state index is 0.0533. The molecule has 0 saturated carbocycles. The van der Waals surface area contributed by atoms with E-state index in [9.17, 15) is 4.79 Å². The number of carbonyl (C=O) groups excluding carboxylic acids is 1. The van der Waals surface area contributed by atoms with Gasteiger partial charge in [0.2, 0.25) is 0 Å². The van der Waals surface area contributed by atoms with Gasteiger partial charge in [-0.1, -0.05) is 60.7 Å². The third-order valence-corrected chi connectivity index (χ3v) is 5.90. The van der Waals surface area contributed by atoms with Crippen LogP contribution in [0.3, 0.4) is 0 Å². The first-order valence-corrected chi connectivity index (χ1v) is 10.1. The fraction of sp³-hybridized carbons (Fsp3) is 0.273. The predicted octanol–water partition coefficient (Wildman–Crippen LogP) is 4.08. The predicted molar refractivity (Wildman–Crippen MR) is 110 cm³/mol. The number of carbonyl (C=O) groups is 1. The molecule has 3 aromatic rings. The summed E-state index contributed by atoms with van der Waals surface area (Å²) in [6.07, 6.45) is 0. The van der Waals surface area contributed by atoms with Crippen LogP contribution in [0.4, 0.5) is 0 Å². The number of thiazole rings is 1. The van der Waals surface area contributed by atoms with Crippen molar-refractivity contribution >= 4 is 17.2 Å². The summed E-state index contributed by atoms with van der Waals surface area (Å²) in [7, 11) is 0. The first-order chi connectivity index (χ1) is 13.2. The molecule has 4 nitrogen and oxygen atoms in total. The summed E-state index contributed by atoms with van der Waals surface area (Å²) in [4.78, 5) is 23.0. The van der Waals surface area contributed by atoms with Gasteiger partial charge in [0, 0.05) is 32.7 Å². The lowest BCUT2D eigenvalue weighted by Gasteiger charge is -2.34. The molecule has 0 aliphatic carbocycles. The number of hydrogen-bond acceptors (Lipinski definition) is 4. The molecule has 2 heterocycles. The molecule has 0 spiro atoms. The van der Waals surface area contributed by atoms with Crippen LogP contribution in [0.2, 0.25) is 0 Å². The first-order valence-electron chi connectivity index (χ1n) is 9.29. The van der Waals surface area contributed by atoms with Crippen LogP contribution in [0.15, 0.2) is 60.7 Å². The molecule has 0 bridgehead atoms. The fourth-order valence-corrected chi connectivity index (χ4v) is 4.37. The smallest absolute Gasteiger partial charge is 0.274 e. The van der Waals surface area contributed by atoms with Crippen LogP contribution in [-0.2, 0) is 6.54 Å². The van der Waals surface area contributed by atoms with Crippen molar-refractivity contribution in [2.24, 2.45) is 0 Å². The van der Waals surface area contributed by atoms with E-state index >= 15 is 0 Å². The molecule has 138 valence electrons. The zero-order valence-electron chi connectivity index (χ0n) is 15.5. The van der Waals surface area contributed by atoms with Crippen molar-refractivity contribution in [1.29, 1.82) is 0 Å². The summed E-state index contributed by atoms with van der Waals surface area (Å²) in [5.74, 6) is 0.0533. The molecule has 1 aliphatic heterocycles. The van der Waals surface area contributed by atoms with Crippen LogP contribution < -0.4 is 0 Å². The first kappa shape index (κ1) is 17.9. The molecule has 0 radical (unpaired) electrons. The lowest BCUT2D eigenvalue weighted by molar-refractivity contribution is 0.0624. The zero-order valence-corrected chi connectivity index (χ0v) is 16.3. The highest BCUT2D eigenvalue weighted by Gasteiger charge is 2.26. The molecule has 2 aromatic carbocycles. The maximum Gasteiger partial charge on any atom is 0.274 e. The zero-order chi connectivity index (χ0) is 18.6. The second-order valence-electron chi connectivity index (χ2n) is 6.83. The van der Waals surface area contributed by atoms with E-state index in [0.717, 1.165) is 48.2 Å². The molecule has 1 aliphatic rings. The number of aromatic nitrogens is 1. The van der Waals surface area contributed by atoms with E-state index in [4.69, 9.17) is 0 Å². The van der Waals surface area contributed by atoms with Crippen molar-refractivity contribution in [1.82, 2.24) is 14.8 Å².